The minimum atomic E-state index is -1.20. The van der Waals surface area contributed by atoms with Crippen molar-refractivity contribution >= 4 is 17.4 Å². The molecule has 2 aromatic carbocycles. The highest BCUT2D eigenvalue weighted by molar-refractivity contribution is 7.99. The summed E-state index contributed by atoms with van der Waals surface area (Å²) in [6.45, 7) is 0. The molecule has 3 rings (SSSR count). The van der Waals surface area contributed by atoms with E-state index in [9.17, 15) is 30.5 Å². The van der Waals surface area contributed by atoms with Crippen molar-refractivity contribution in [2.75, 3.05) is 5.75 Å². The number of nitro groups is 1. The van der Waals surface area contributed by atoms with Gasteiger partial charge in [-0.15, -0.1) is 11.8 Å². The monoisotopic (exact) mass is 393 g/mol. The Kier molecular flexibility index (Phi) is 5.98. The summed E-state index contributed by atoms with van der Waals surface area (Å²) in [6.07, 6.45) is -4.12. The van der Waals surface area contributed by atoms with Crippen LogP contribution in [0.1, 0.15) is 17.2 Å². The van der Waals surface area contributed by atoms with E-state index in [1.165, 1.54) is 24.3 Å². The van der Waals surface area contributed by atoms with Crippen LogP contribution in [0.3, 0.4) is 0 Å². The Morgan fingerprint density at radius 2 is 1.59 bits per heavy atom. The summed E-state index contributed by atoms with van der Waals surface area (Å²) in [5.74, 6) is 0.593. The van der Waals surface area contributed by atoms with E-state index < -0.39 is 34.8 Å². The summed E-state index contributed by atoms with van der Waals surface area (Å²) < 4.78 is 5.60. The maximum atomic E-state index is 10.7. The van der Waals surface area contributed by atoms with Gasteiger partial charge in [0.25, 0.3) is 5.69 Å². The summed E-state index contributed by atoms with van der Waals surface area (Å²) in [7, 11) is 0. The average Bonchev–Trinajstić information content (AvgIpc) is 2.68. The second-order valence-electron chi connectivity index (χ2n) is 6.18. The van der Waals surface area contributed by atoms with E-state index in [1.807, 2.05) is 0 Å². The molecule has 1 fully saturated rings. The van der Waals surface area contributed by atoms with E-state index in [2.05, 4.69) is 0 Å². The molecule has 0 amide bonds. The normalized spacial score (nSPS) is 26.4. The van der Waals surface area contributed by atoms with Crippen molar-refractivity contribution in [3.8, 4) is 5.75 Å². The molecule has 8 nitrogen and oxygen atoms in total. The topological polar surface area (TPSA) is 133 Å². The lowest BCUT2D eigenvalue weighted by molar-refractivity contribution is -0.384. The lowest BCUT2D eigenvalue weighted by Crippen LogP contribution is -2.51. The second kappa shape index (κ2) is 8.24. The van der Waals surface area contributed by atoms with Gasteiger partial charge >= 0.3 is 0 Å². The van der Waals surface area contributed by atoms with Gasteiger partial charge in [0, 0.05) is 17.9 Å². The van der Waals surface area contributed by atoms with E-state index in [4.69, 9.17) is 4.74 Å². The first kappa shape index (κ1) is 19.6. The zero-order chi connectivity index (χ0) is 19.6. The van der Waals surface area contributed by atoms with Gasteiger partial charge in [-0.05, 0) is 35.4 Å². The van der Waals surface area contributed by atoms with E-state index in [0.717, 1.165) is 11.8 Å². The average molecular weight is 393 g/mol. The molecule has 4 N–H and O–H groups in total. The van der Waals surface area contributed by atoms with Crippen LogP contribution in [-0.4, -0.2) is 54.9 Å². The fourth-order valence-electron chi connectivity index (χ4n) is 2.76. The summed E-state index contributed by atoms with van der Waals surface area (Å²) in [6, 6.07) is 12.0. The number of hydrogen-bond acceptors (Lipinski definition) is 8. The van der Waals surface area contributed by atoms with Gasteiger partial charge in [-0.25, -0.2) is 0 Å². The van der Waals surface area contributed by atoms with Crippen LogP contribution in [0.4, 0.5) is 5.69 Å². The number of benzene rings is 2. The predicted molar refractivity (Wildman–Crippen MR) is 98.5 cm³/mol. The summed E-state index contributed by atoms with van der Waals surface area (Å²) in [4.78, 5) is 10.2. The van der Waals surface area contributed by atoms with E-state index in [0.29, 0.717) is 16.9 Å². The van der Waals surface area contributed by atoms with Gasteiger partial charge in [-0.1, -0.05) is 12.1 Å². The van der Waals surface area contributed by atoms with Crippen LogP contribution in [0.2, 0.25) is 0 Å². The number of non-ortho nitro benzene ring substituents is 1. The predicted octanol–water partition coefficient (Wildman–Crippen LogP) is 1.21. The highest BCUT2D eigenvalue weighted by Crippen LogP contribution is 2.30. The number of nitrogens with zero attached hydrogens (tertiary/aromatic N) is 1. The minimum absolute atomic E-state index is 0.0562. The fourth-order valence-corrected chi connectivity index (χ4v) is 3.76. The molecule has 0 aromatic heterocycles. The number of aliphatic hydroxyl groups is 4. The molecule has 0 saturated carbocycles. The molecule has 9 heteroatoms. The highest BCUT2D eigenvalue weighted by Gasteiger charge is 2.39. The molecule has 0 aliphatic carbocycles. The molecular weight excluding hydrogens is 374 g/mol. The SMILES string of the molecule is O=[N+]([O-])c1ccc(C(O)c2ccc(O[C@@H]3[C@@H](O)[C@H](O)CS[C@H]3O)cc2)cc1. The highest BCUT2D eigenvalue weighted by atomic mass is 32.2. The van der Waals surface area contributed by atoms with Crippen molar-refractivity contribution in [2.24, 2.45) is 0 Å². The third-order valence-corrected chi connectivity index (χ3v) is 5.48. The largest absolute Gasteiger partial charge is 0.484 e. The van der Waals surface area contributed by atoms with Crippen molar-refractivity contribution in [1.29, 1.82) is 0 Å². The molecule has 1 saturated heterocycles. The van der Waals surface area contributed by atoms with E-state index in [1.54, 1.807) is 24.3 Å². The van der Waals surface area contributed by atoms with Crippen LogP contribution >= 0.6 is 11.8 Å². The van der Waals surface area contributed by atoms with E-state index >= 15 is 0 Å². The fraction of sp³-hybridized carbons (Fsp3) is 0.333. The maximum absolute atomic E-state index is 10.7. The zero-order valence-electron chi connectivity index (χ0n) is 14.1. The van der Waals surface area contributed by atoms with Crippen LogP contribution in [0.5, 0.6) is 5.75 Å². The molecule has 144 valence electrons. The number of aliphatic hydroxyl groups excluding tert-OH is 4. The third kappa shape index (κ3) is 4.40. The first-order valence-electron chi connectivity index (χ1n) is 8.21. The second-order valence-corrected chi connectivity index (χ2v) is 7.33. The van der Waals surface area contributed by atoms with Gasteiger partial charge < -0.3 is 25.2 Å². The molecule has 1 aliphatic rings. The summed E-state index contributed by atoms with van der Waals surface area (Å²) in [5.41, 5.74) is 0.0374. The van der Waals surface area contributed by atoms with Crippen LogP contribution < -0.4 is 4.74 Å². The van der Waals surface area contributed by atoms with Crippen LogP contribution in [-0.2, 0) is 0 Å². The zero-order valence-corrected chi connectivity index (χ0v) is 14.9. The Balaban J connectivity index is 1.70. The molecule has 2 aromatic rings. The van der Waals surface area contributed by atoms with Gasteiger partial charge in [0.1, 0.15) is 23.4 Å². The Bertz CT molecular complexity index is 783. The number of rotatable bonds is 5. The van der Waals surface area contributed by atoms with Crippen molar-refractivity contribution in [3.05, 3.63) is 69.8 Å². The Labute approximate surface area is 159 Å². The van der Waals surface area contributed by atoms with Gasteiger partial charge in [0.2, 0.25) is 0 Å². The van der Waals surface area contributed by atoms with Gasteiger partial charge in [-0.3, -0.25) is 10.1 Å². The van der Waals surface area contributed by atoms with Gasteiger partial charge in [0.05, 0.1) is 11.0 Å². The van der Waals surface area contributed by atoms with E-state index in [-0.39, 0.29) is 11.4 Å². The molecule has 0 spiro atoms. The van der Waals surface area contributed by atoms with Crippen LogP contribution in [0.15, 0.2) is 48.5 Å². The molecule has 1 unspecified atom stereocenters. The maximum Gasteiger partial charge on any atom is 0.269 e. The molecule has 1 aliphatic heterocycles. The van der Waals surface area contributed by atoms with Crippen molar-refractivity contribution < 1.29 is 30.1 Å². The lowest BCUT2D eigenvalue weighted by atomic mass is 10.0. The van der Waals surface area contributed by atoms with Gasteiger partial charge in [0.15, 0.2) is 6.10 Å². The number of thioether (sulfide) groups is 1. The molecule has 1 heterocycles. The Hall–Kier alpha value is -2.17. The third-order valence-electron chi connectivity index (χ3n) is 4.34. The number of hydrogen-bond donors (Lipinski definition) is 4. The molecule has 27 heavy (non-hydrogen) atoms. The van der Waals surface area contributed by atoms with Crippen molar-refractivity contribution in [3.63, 3.8) is 0 Å². The Morgan fingerprint density at radius 3 is 2.15 bits per heavy atom. The minimum Gasteiger partial charge on any atom is -0.484 e. The van der Waals surface area contributed by atoms with Crippen LogP contribution in [0, 0.1) is 10.1 Å². The first-order chi connectivity index (χ1) is 12.9. The summed E-state index contributed by atoms with van der Waals surface area (Å²) in [5, 5.41) is 50.8. The quantitative estimate of drug-likeness (QED) is 0.440. The Morgan fingerprint density at radius 1 is 1.04 bits per heavy atom. The molecular formula is C18H19NO7S. The summed E-state index contributed by atoms with van der Waals surface area (Å²) >= 11 is 1.10. The van der Waals surface area contributed by atoms with Crippen molar-refractivity contribution in [2.45, 2.75) is 29.9 Å². The standard InChI is InChI=1S/C18H19NO7S/c20-14-9-27-18(23)17(16(14)22)26-13-7-3-11(4-8-13)15(21)10-1-5-12(6-2-10)19(24)25/h1-8,14-18,20-23H,9H2/t14-,15?,16+,17-,18-/m1/s1. The lowest BCUT2D eigenvalue weighted by Gasteiger charge is -2.35. The smallest absolute Gasteiger partial charge is 0.269 e. The van der Waals surface area contributed by atoms with Crippen LogP contribution in [0.25, 0.3) is 0 Å². The number of ether oxygens (including phenoxy) is 1. The molecule has 5 atom stereocenters. The number of nitro benzene ring substituents is 1. The molecule has 0 bridgehead atoms. The first-order valence-corrected chi connectivity index (χ1v) is 9.26. The van der Waals surface area contributed by atoms with Gasteiger partial charge in [-0.2, -0.15) is 0 Å². The van der Waals surface area contributed by atoms with Crippen molar-refractivity contribution in [1.82, 2.24) is 0 Å². The molecule has 0 radical (unpaired) electrons.